The van der Waals surface area contributed by atoms with Crippen LogP contribution in [0.3, 0.4) is 0 Å². The summed E-state index contributed by atoms with van der Waals surface area (Å²) in [5, 5.41) is 9.57. The quantitative estimate of drug-likeness (QED) is 0.766. The van der Waals surface area contributed by atoms with Crippen molar-refractivity contribution in [2.45, 2.75) is 6.10 Å². The number of nitrogens with two attached hydrogens (primary N) is 1. The normalized spacial score (nSPS) is 18.3. The van der Waals surface area contributed by atoms with Gasteiger partial charge in [0.15, 0.2) is 11.5 Å². The van der Waals surface area contributed by atoms with E-state index in [9.17, 15) is 9.90 Å². The molecule has 94 valence electrons. The molecule has 0 saturated carbocycles. The summed E-state index contributed by atoms with van der Waals surface area (Å²) in [5.41, 5.74) is 4.73. The minimum atomic E-state index is -2.98. The van der Waals surface area contributed by atoms with Crippen molar-refractivity contribution in [2.75, 3.05) is 20.3 Å². The average molecular weight is 248 g/mol. The molecule has 0 bridgehead atoms. The molecule has 1 rings (SSSR count). The van der Waals surface area contributed by atoms with Gasteiger partial charge in [-0.3, -0.25) is 0 Å². The minimum absolute atomic E-state index is 0.518. The highest BCUT2D eigenvalue weighted by Crippen LogP contribution is 2.25. The van der Waals surface area contributed by atoms with E-state index in [1.165, 1.54) is 0 Å². The Labute approximate surface area is 109 Å². The third-order valence-corrected chi connectivity index (χ3v) is 1.56. The lowest BCUT2D eigenvalue weighted by atomic mass is 10.3. The molecule has 1 atom stereocenters. The number of amides is 1. The van der Waals surface area contributed by atoms with E-state index in [4.69, 9.17) is 20.1 Å². The monoisotopic (exact) mass is 248 g/mol. The maximum atomic E-state index is 10.4. The van der Waals surface area contributed by atoms with Crippen molar-refractivity contribution in [3.63, 3.8) is 0 Å². The number of aliphatic hydroxyl groups excluding tert-OH is 1. The molecule has 0 spiro atoms. The van der Waals surface area contributed by atoms with E-state index < -0.39 is 68.1 Å². The third-order valence-electron chi connectivity index (χ3n) is 1.56. The first-order chi connectivity index (χ1) is 10.9. The lowest BCUT2D eigenvalue weighted by Crippen LogP contribution is -2.27. The van der Waals surface area contributed by atoms with Crippen LogP contribution in [-0.4, -0.2) is 37.6 Å². The number of rotatable bonds is 6. The van der Waals surface area contributed by atoms with Gasteiger partial charge in [0.2, 0.25) is 0 Å². The van der Waals surface area contributed by atoms with Gasteiger partial charge in [0.25, 0.3) is 0 Å². The predicted octanol–water partition coefficient (Wildman–Crippen LogP) is 0.530. The number of carbonyl (C=O) groups is 1. The largest absolute Gasteiger partial charge is 0.493 e. The van der Waals surface area contributed by atoms with Crippen LogP contribution >= 0.6 is 0 Å². The van der Waals surface area contributed by atoms with Gasteiger partial charge in [-0.25, -0.2) is 4.79 Å². The Hall–Kier alpha value is -1.95. The Morgan fingerprint density at radius 1 is 1.53 bits per heavy atom. The summed E-state index contributed by atoms with van der Waals surface area (Å²) in [7, 11) is -2.98. The van der Waals surface area contributed by atoms with Crippen molar-refractivity contribution in [1.82, 2.24) is 0 Å². The number of carbonyl (C=O) groups excluding carboxylic acids is 1. The molecule has 1 unspecified atom stereocenters. The van der Waals surface area contributed by atoms with Crippen LogP contribution in [0.2, 0.25) is 0 Å². The van der Waals surface area contributed by atoms with Gasteiger partial charge >= 0.3 is 6.09 Å². The van der Waals surface area contributed by atoms with E-state index in [1.54, 1.807) is 0 Å². The van der Waals surface area contributed by atoms with Gasteiger partial charge in [-0.1, -0.05) is 12.1 Å². The molecule has 0 aliphatic carbocycles. The number of hydrogen-bond donors (Lipinski definition) is 2. The van der Waals surface area contributed by atoms with Crippen LogP contribution in [0.15, 0.2) is 24.2 Å². The molecule has 6 heteroatoms. The summed E-state index contributed by atoms with van der Waals surface area (Å²) in [5.74, 6) is -1.31. The maximum absolute atomic E-state index is 10.4. The zero-order valence-electron chi connectivity index (χ0n) is 15.6. The third kappa shape index (κ3) is 4.60. The molecule has 1 aromatic rings. The van der Waals surface area contributed by atoms with E-state index in [-0.39, 0.29) is 0 Å². The smallest absolute Gasteiger partial charge is 0.404 e. The summed E-state index contributed by atoms with van der Waals surface area (Å²) in [6.45, 7) is -1.08. The molecule has 1 aromatic carbocycles. The fraction of sp³-hybridized carbons (Fsp3) is 0.364. The second-order valence-corrected chi connectivity index (χ2v) is 2.86. The number of hydrogen-bond acceptors (Lipinski definition) is 5. The van der Waals surface area contributed by atoms with E-state index >= 15 is 0 Å². The number of para-hydroxylation sites is 2. The number of aliphatic hydroxyl groups is 1. The molecule has 0 radical (unpaired) electrons. The highest BCUT2D eigenvalue weighted by molar-refractivity contribution is 5.64. The summed E-state index contributed by atoms with van der Waals surface area (Å²) < 4.78 is 65.7. The molecule has 3 N–H and O–H groups in total. The highest BCUT2D eigenvalue weighted by Gasteiger charge is 2.09. The lowest BCUT2D eigenvalue weighted by Gasteiger charge is -2.13. The van der Waals surface area contributed by atoms with Crippen LogP contribution in [0.25, 0.3) is 0 Å². The molecule has 17 heavy (non-hydrogen) atoms. The summed E-state index contributed by atoms with van der Waals surface area (Å²) >= 11 is 0. The molecule has 6 nitrogen and oxygen atoms in total. The maximum Gasteiger partial charge on any atom is 0.404 e. The van der Waals surface area contributed by atoms with Crippen LogP contribution in [0, 0.1) is 0 Å². The predicted molar refractivity (Wildman–Crippen MR) is 60.0 cm³/mol. The minimum Gasteiger partial charge on any atom is -0.493 e. The number of primary amides is 1. The topological polar surface area (TPSA) is 91.0 Å². The Morgan fingerprint density at radius 3 is 2.88 bits per heavy atom. The molecule has 0 saturated heterocycles. The number of benzene rings is 1. The average Bonchev–Trinajstić information content (AvgIpc) is 2.46. The molecule has 0 aliphatic heterocycles. The van der Waals surface area contributed by atoms with E-state index in [2.05, 4.69) is 9.47 Å². The Balaban J connectivity index is 3.09. The number of ether oxygens (including phenoxy) is 3. The number of methoxy groups -OCH3 is 1. The molecule has 0 fully saturated rings. The SMILES string of the molecule is [2H]c1c([2H])c([2H])c(OC([2H])([2H])[2H])c(OCC(O)COC(N)=O)c1[2H]. The van der Waals surface area contributed by atoms with Crippen molar-refractivity contribution < 1.29 is 33.7 Å². The van der Waals surface area contributed by atoms with Gasteiger partial charge < -0.3 is 25.1 Å². The van der Waals surface area contributed by atoms with Crippen molar-refractivity contribution >= 4 is 6.09 Å². The highest BCUT2D eigenvalue weighted by atomic mass is 16.6. The molecular formula is C11H15NO5. The second-order valence-electron chi connectivity index (χ2n) is 2.86. The van der Waals surface area contributed by atoms with Crippen LogP contribution in [0.4, 0.5) is 4.79 Å². The summed E-state index contributed by atoms with van der Waals surface area (Å²) in [6.07, 6.45) is -2.49. The van der Waals surface area contributed by atoms with E-state index in [0.29, 0.717) is 0 Å². The van der Waals surface area contributed by atoms with Gasteiger partial charge in [0.05, 0.1) is 16.6 Å². The van der Waals surface area contributed by atoms with Crippen molar-refractivity contribution in [3.05, 3.63) is 24.2 Å². The first-order valence-corrected chi connectivity index (χ1v) is 4.46. The summed E-state index contributed by atoms with van der Waals surface area (Å²) in [6, 6.07) is -2.80. The van der Waals surface area contributed by atoms with Crippen molar-refractivity contribution in [1.29, 1.82) is 0 Å². The Morgan fingerprint density at radius 2 is 2.24 bits per heavy atom. The van der Waals surface area contributed by atoms with E-state index in [0.717, 1.165) is 0 Å². The molecule has 0 heterocycles. The second kappa shape index (κ2) is 6.59. The van der Waals surface area contributed by atoms with Crippen LogP contribution < -0.4 is 15.2 Å². The van der Waals surface area contributed by atoms with Gasteiger partial charge in [-0.15, -0.1) is 0 Å². The van der Waals surface area contributed by atoms with E-state index in [1.807, 2.05) is 0 Å². The standard InChI is InChI=1S/C11H15NO5/c1-15-9-4-2-3-5-10(9)16-6-8(13)7-17-11(12)14/h2-5,8,13H,6-7H2,1H3,(H2,12,14)/i1D3,2D,3D,4D,5D. The first kappa shape index (κ1) is 6.11. The van der Waals surface area contributed by atoms with Crippen LogP contribution in [-0.2, 0) is 4.74 Å². The molecule has 0 aromatic heterocycles. The molecular weight excluding hydrogens is 226 g/mol. The van der Waals surface area contributed by atoms with Gasteiger partial charge in [-0.2, -0.15) is 0 Å². The molecule has 1 amide bonds. The van der Waals surface area contributed by atoms with Crippen molar-refractivity contribution in [2.24, 2.45) is 5.73 Å². The Bertz CT molecular complexity index is 622. The molecule has 0 aliphatic rings. The van der Waals surface area contributed by atoms with Gasteiger partial charge in [0, 0.05) is 0 Å². The van der Waals surface area contributed by atoms with Gasteiger partial charge in [0.1, 0.15) is 19.3 Å². The van der Waals surface area contributed by atoms with Gasteiger partial charge in [-0.05, 0) is 12.1 Å². The lowest BCUT2D eigenvalue weighted by molar-refractivity contribution is 0.0413. The van der Waals surface area contributed by atoms with Crippen molar-refractivity contribution in [3.8, 4) is 11.5 Å². The fourth-order valence-corrected chi connectivity index (χ4v) is 0.869. The fourth-order valence-electron chi connectivity index (χ4n) is 0.869. The Kier molecular flexibility index (Phi) is 2.37. The first-order valence-electron chi connectivity index (χ1n) is 7.96. The zero-order chi connectivity index (χ0) is 18.7. The van der Waals surface area contributed by atoms with Crippen LogP contribution in [0.1, 0.15) is 9.60 Å². The van der Waals surface area contributed by atoms with Crippen LogP contribution in [0.5, 0.6) is 11.5 Å². The zero-order valence-corrected chi connectivity index (χ0v) is 8.65. The summed E-state index contributed by atoms with van der Waals surface area (Å²) in [4.78, 5) is 10.4.